The van der Waals surface area contributed by atoms with E-state index in [1.165, 1.54) is 0 Å². The van der Waals surface area contributed by atoms with Crippen molar-refractivity contribution in [1.29, 1.82) is 0 Å². The van der Waals surface area contributed by atoms with Gasteiger partial charge in [-0.2, -0.15) is 0 Å². The maximum atomic E-state index is 9.50. The number of hydrogen-bond donors (Lipinski definition) is 2. The fraction of sp³-hybridized carbons (Fsp3) is 1.00. The van der Waals surface area contributed by atoms with Gasteiger partial charge >= 0.3 is 0 Å². The molecule has 114 valence electrons. The second kappa shape index (κ2) is 11.5. The van der Waals surface area contributed by atoms with Crippen LogP contribution in [0.5, 0.6) is 0 Å². The summed E-state index contributed by atoms with van der Waals surface area (Å²) in [6.07, 6.45) is 5.75. The number of hydrogen-bond acceptors (Lipinski definition) is 7. The smallest absolute Gasteiger partial charge is 0.0857 e. The maximum absolute atomic E-state index is 9.50. The Kier molecular flexibility index (Phi) is 10.2. The summed E-state index contributed by atoms with van der Waals surface area (Å²) in [7, 11) is 0. The summed E-state index contributed by atoms with van der Waals surface area (Å²) in [6.45, 7) is 0.560. The molecule has 0 aromatic carbocycles. The highest BCUT2D eigenvalue weighted by Crippen LogP contribution is 2.20. The maximum Gasteiger partial charge on any atom is 0.0857 e. The van der Waals surface area contributed by atoms with Gasteiger partial charge in [-0.3, -0.25) is 0 Å². The van der Waals surface area contributed by atoms with Crippen LogP contribution in [-0.4, -0.2) is 36.1 Å². The average Bonchev–Trinajstić information content (AvgIpc) is 2.42. The highest BCUT2D eigenvalue weighted by atomic mass is 17.8. The molecule has 2 N–H and O–H groups in total. The molecule has 1 rings (SSSR count). The molecule has 0 aromatic heterocycles. The van der Waals surface area contributed by atoms with E-state index in [1.54, 1.807) is 0 Å². The van der Waals surface area contributed by atoms with Gasteiger partial charge in [0.15, 0.2) is 0 Å². The molecule has 1 fully saturated rings. The first-order chi connectivity index (χ1) is 9.33. The molecule has 1 saturated heterocycles. The third kappa shape index (κ3) is 9.28. The topological polar surface area (TPSA) is 86.6 Å². The van der Waals surface area contributed by atoms with Gasteiger partial charge in [0.05, 0.1) is 25.9 Å². The monoisotopic (exact) mass is 280 g/mol. The Morgan fingerprint density at radius 3 is 2.42 bits per heavy atom. The molecule has 1 heterocycles. The fourth-order valence-electron chi connectivity index (χ4n) is 2.12. The van der Waals surface area contributed by atoms with Crippen molar-refractivity contribution in [2.24, 2.45) is 5.92 Å². The summed E-state index contributed by atoms with van der Waals surface area (Å²) in [5.74, 6) is 0.297. The van der Waals surface area contributed by atoms with Crippen LogP contribution in [0.25, 0.3) is 0 Å². The molecule has 1 aliphatic rings. The van der Waals surface area contributed by atoms with Crippen LogP contribution >= 0.6 is 0 Å². The van der Waals surface area contributed by atoms with Gasteiger partial charge in [0.2, 0.25) is 0 Å². The van der Waals surface area contributed by atoms with Crippen LogP contribution in [0.2, 0.25) is 0 Å². The molecule has 19 heavy (non-hydrogen) atoms. The lowest BCUT2D eigenvalue weighted by Gasteiger charge is -2.19. The van der Waals surface area contributed by atoms with Gasteiger partial charge in [-0.1, -0.05) is 25.7 Å². The number of aliphatic hydroxyl groups excluding tert-OH is 2. The summed E-state index contributed by atoms with van der Waals surface area (Å²) < 4.78 is 0. The van der Waals surface area contributed by atoms with Gasteiger partial charge < -0.3 is 10.2 Å². The molecule has 0 saturated carbocycles. The normalized spacial score (nSPS) is 26.5. The minimum atomic E-state index is -0.669. The van der Waals surface area contributed by atoms with Crippen LogP contribution in [0.3, 0.4) is 0 Å². The lowest BCUT2D eigenvalue weighted by molar-refractivity contribution is -0.708. The zero-order chi connectivity index (χ0) is 13.8. The van der Waals surface area contributed by atoms with E-state index in [2.05, 4.69) is 20.0 Å². The largest absolute Gasteiger partial charge is 0.394 e. The van der Waals surface area contributed by atoms with E-state index >= 15 is 0 Å². The number of aliphatic hydroxyl groups is 2. The molecule has 0 spiro atoms. The summed E-state index contributed by atoms with van der Waals surface area (Å²) >= 11 is 0. The molecule has 0 bridgehead atoms. The van der Waals surface area contributed by atoms with Crippen molar-refractivity contribution in [2.75, 3.05) is 19.8 Å². The zero-order valence-corrected chi connectivity index (χ0v) is 11.2. The molecule has 7 nitrogen and oxygen atoms in total. The molecule has 1 aliphatic heterocycles. The van der Waals surface area contributed by atoms with Crippen LogP contribution < -0.4 is 0 Å². The van der Waals surface area contributed by atoms with E-state index in [0.29, 0.717) is 25.6 Å². The molecule has 0 aliphatic carbocycles. The van der Waals surface area contributed by atoms with E-state index in [9.17, 15) is 5.11 Å². The van der Waals surface area contributed by atoms with E-state index in [0.717, 1.165) is 38.5 Å². The Morgan fingerprint density at radius 1 is 0.895 bits per heavy atom. The predicted molar refractivity (Wildman–Crippen MR) is 64.1 cm³/mol. The molecule has 2 atom stereocenters. The molecule has 0 radical (unpaired) electrons. The van der Waals surface area contributed by atoms with Crippen molar-refractivity contribution in [3.63, 3.8) is 0 Å². The minimum Gasteiger partial charge on any atom is -0.394 e. The lowest BCUT2D eigenvalue weighted by Crippen LogP contribution is -2.19. The van der Waals surface area contributed by atoms with Crippen molar-refractivity contribution < 1.29 is 35.1 Å². The van der Waals surface area contributed by atoms with Crippen molar-refractivity contribution in [3.8, 4) is 0 Å². The van der Waals surface area contributed by atoms with Gasteiger partial charge in [-0.15, -0.1) is 0 Å². The first-order valence-electron chi connectivity index (χ1n) is 6.86. The second-order valence-electron chi connectivity index (χ2n) is 4.78. The second-order valence-corrected chi connectivity index (χ2v) is 4.78. The van der Waals surface area contributed by atoms with E-state index in [1.807, 2.05) is 0 Å². The first kappa shape index (κ1) is 16.8. The van der Waals surface area contributed by atoms with Crippen molar-refractivity contribution >= 4 is 0 Å². The number of rotatable bonds is 3. The van der Waals surface area contributed by atoms with Crippen molar-refractivity contribution in [1.82, 2.24) is 0 Å². The third-order valence-corrected chi connectivity index (χ3v) is 3.17. The lowest BCUT2D eigenvalue weighted by atomic mass is 9.92. The summed E-state index contributed by atoms with van der Waals surface area (Å²) in [5, 5.41) is 31.1. The summed E-state index contributed by atoms with van der Waals surface area (Å²) in [5.41, 5.74) is 0. The average molecular weight is 280 g/mol. The van der Waals surface area contributed by atoms with Crippen LogP contribution in [-0.2, 0) is 24.9 Å². The third-order valence-electron chi connectivity index (χ3n) is 3.17. The van der Waals surface area contributed by atoms with Crippen LogP contribution in [0.4, 0.5) is 0 Å². The molecular weight excluding hydrogens is 256 g/mol. The first-order valence-corrected chi connectivity index (χ1v) is 6.86. The van der Waals surface area contributed by atoms with Gasteiger partial charge in [0, 0.05) is 0 Å². The Hall–Kier alpha value is -0.280. The van der Waals surface area contributed by atoms with Crippen LogP contribution in [0, 0.1) is 5.92 Å². The van der Waals surface area contributed by atoms with Crippen LogP contribution in [0.15, 0.2) is 0 Å². The van der Waals surface area contributed by atoms with Crippen LogP contribution in [0.1, 0.15) is 44.9 Å². The quantitative estimate of drug-likeness (QED) is 0.756. The Bertz CT molecular complexity index is 189. The van der Waals surface area contributed by atoms with E-state index < -0.39 is 6.10 Å². The zero-order valence-electron chi connectivity index (χ0n) is 11.2. The Balaban J connectivity index is 2.27. The molecular formula is C12H24O7. The summed E-state index contributed by atoms with van der Waals surface area (Å²) in [6, 6.07) is 0. The van der Waals surface area contributed by atoms with E-state index in [-0.39, 0.29) is 6.61 Å². The fourth-order valence-corrected chi connectivity index (χ4v) is 2.12. The molecule has 2 unspecified atom stereocenters. The SMILES string of the molecule is OCC(O)CC1CCCCCCOOOOOCC1. The highest BCUT2D eigenvalue weighted by molar-refractivity contribution is 4.65. The Morgan fingerprint density at radius 2 is 1.63 bits per heavy atom. The molecule has 7 heteroatoms. The van der Waals surface area contributed by atoms with E-state index in [4.69, 9.17) is 9.99 Å². The Labute approximate surface area is 113 Å². The summed E-state index contributed by atoms with van der Waals surface area (Å²) in [4.78, 5) is 9.43. The van der Waals surface area contributed by atoms with Gasteiger partial charge in [0.25, 0.3) is 0 Å². The minimum absolute atomic E-state index is 0.206. The molecule has 0 aromatic rings. The standard InChI is InChI=1S/C12H24O7/c13-10-12(14)9-11-5-3-1-2-4-7-15-17-19-18-16-8-6-11/h11-14H,1-10H2. The van der Waals surface area contributed by atoms with Gasteiger partial charge in [-0.25, -0.2) is 9.78 Å². The molecule has 0 amide bonds. The van der Waals surface area contributed by atoms with Gasteiger partial charge in [0.1, 0.15) is 0 Å². The van der Waals surface area contributed by atoms with Crippen molar-refractivity contribution in [3.05, 3.63) is 0 Å². The van der Waals surface area contributed by atoms with Gasteiger partial charge in [-0.05, 0) is 40.3 Å². The van der Waals surface area contributed by atoms with Crippen molar-refractivity contribution in [2.45, 2.75) is 51.0 Å². The predicted octanol–water partition coefficient (Wildman–Crippen LogP) is 1.44. The highest BCUT2D eigenvalue weighted by Gasteiger charge is 2.14.